The summed E-state index contributed by atoms with van der Waals surface area (Å²) in [6, 6.07) is 23.0. The normalized spacial score (nSPS) is 20.9. The minimum atomic E-state index is -0.739. The molecule has 2 aliphatic rings. The lowest BCUT2D eigenvalue weighted by atomic mass is 9.73. The van der Waals surface area contributed by atoms with Gasteiger partial charge < -0.3 is 10.1 Å². The third-order valence-corrected chi connectivity index (χ3v) is 7.35. The Kier molecular flexibility index (Phi) is 7.06. The third-order valence-electron chi connectivity index (χ3n) is 7.02. The van der Waals surface area contributed by atoms with Gasteiger partial charge in [0.05, 0.1) is 33.8 Å². The number of nitrogens with one attached hydrogen (secondary N) is 1. The van der Waals surface area contributed by atoms with E-state index in [1.807, 2.05) is 18.2 Å². The van der Waals surface area contributed by atoms with Gasteiger partial charge in [0.2, 0.25) is 11.8 Å². The van der Waals surface area contributed by atoms with Gasteiger partial charge in [-0.25, -0.2) is 4.79 Å². The molecule has 2 fully saturated rings. The molecule has 0 spiro atoms. The van der Waals surface area contributed by atoms with Crippen molar-refractivity contribution < 1.29 is 23.9 Å². The number of benzene rings is 3. The predicted molar refractivity (Wildman–Crippen MR) is 139 cm³/mol. The van der Waals surface area contributed by atoms with Crippen molar-refractivity contribution in [1.82, 2.24) is 0 Å². The first-order valence-corrected chi connectivity index (χ1v) is 12.5. The van der Waals surface area contributed by atoms with E-state index in [4.69, 9.17) is 16.3 Å². The van der Waals surface area contributed by atoms with Crippen LogP contribution in [0.4, 0.5) is 11.4 Å². The molecule has 3 aromatic rings. The van der Waals surface area contributed by atoms with Crippen LogP contribution >= 0.6 is 11.6 Å². The Morgan fingerprint density at radius 3 is 2.41 bits per heavy atom. The van der Waals surface area contributed by atoms with Crippen molar-refractivity contribution in [2.24, 2.45) is 11.8 Å². The second-order valence-corrected chi connectivity index (χ2v) is 9.71. The van der Waals surface area contributed by atoms with Crippen LogP contribution in [0.3, 0.4) is 0 Å². The first-order valence-electron chi connectivity index (χ1n) is 12.2. The van der Waals surface area contributed by atoms with Gasteiger partial charge in [-0.05, 0) is 61.1 Å². The molecule has 5 rings (SSSR count). The molecule has 0 bridgehead atoms. The Balaban J connectivity index is 1.25. The summed E-state index contributed by atoms with van der Waals surface area (Å²) in [5.74, 6) is -2.24. The van der Waals surface area contributed by atoms with Crippen LogP contribution < -0.4 is 10.2 Å². The molecule has 188 valence electrons. The van der Waals surface area contributed by atoms with Gasteiger partial charge in [0.25, 0.3) is 5.91 Å². The molecule has 8 heteroatoms. The van der Waals surface area contributed by atoms with Crippen LogP contribution in [-0.4, -0.2) is 30.3 Å². The fraction of sp³-hybridized carbons (Fsp3) is 0.241. The summed E-state index contributed by atoms with van der Waals surface area (Å²) in [7, 11) is 0. The molecule has 37 heavy (non-hydrogen) atoms. The smallest absolute Gasteiger partial charge is 0.338 e. The van der Waals surface area contributed by atoms with Crippen LogP contribution in [0.2, 0.25) is 5.02 Å². The van der Waals surface area contributed by atoms with E-state index in [9.17, 15) is 19.2 Å². The highest BCUT2D eigenvalue weighted by atomic mass is 35.5. The highest BCUT2D eigenvalue weighted by Gasteiger charge is 2.50. The number of esters is 1. The molecule has 7 nitrogen and oxygen atoms in total. The zero-order valence-electron chi connectivity index (χ0n) is 19.9. The lowest BCUT2D eigenvalue weighted by Gasteiger charge is -2.28. The van der Waals surface area contributed by atoms with Crippen molar-refractivity contribution in [2.75, 3.05) is 16.8 Å². The van der Waals surface area contributed by atoms with Gasteiger partial charge in [-0.2, -0.15) is 0 Å². The molecule has 0 radical (unpaired) electrons. The molecule has 1 N–H and O–H groups in total. The average Bonchev–Trinajstić information content (AvgIpc) is 3.18. The summed E-state index contributed by atoms with van der Waals surface area (Å²) in [6.07, 6.45) is 2.12. The highest BCUT2D eigenvalue weighted by molar-refractivity contribution is 6.33. The fourth-order valence-electron chi connectivity index (χ4n) is 5.20. The van der Waals surface area contributed by atoms with Crippen molar-refractivity contribution in [3.63, 3.8) is 0 Å². The zero-order valence-corrected chi connectivity index (χ0v) is 20.7. The minimum absolute atomic E-state index is 0.140. The maximum absolute atomic E-state index is 13.3. The van der Waals surface area contributed by atoms with Gasteiger partial charge in [-0.1, -0.05) is 60.1 Å². The number of hydrogen-bond acceptors (Lipinski definition) is 5. The van der Waals surface area contributed by atoms with E-state index in [0.717, 1.165) is 6.42 Å². The topological polar surface area (TPSA) is 92.8 Å². The van der Waals surface area contributed by atoms with Crippen LogP contribution in [0.25, 0.3) is 0 Å². The molecule has 3 atom stereocenters. The van der Waals surface area contributed by atoms with Crippen LogP contribution in [0, 0.1) is 11.8 Å². The van der Waals surface area contributed by atoms with E-state index < -0.39 is 18.5 Å². The third kappa shape index (κ3) is 5.13. The number of nitrogens with zero attached hydrogens (tertiary/aromatic N) is 1. The summed E-state index contributed by atoms with van der Waals surface area (Å²) < 4.78 is 5.15. The predicted octanol–water partition coefficient (Wildman–Crippen LogP) is 5.21. The summed E-state index contributed by atoms with van der Waals surface area (Å²) in [5, 5.41) is 2.95. The lowest BCUT2D eigenvalue weighted by Crippen LogP contribution is -2.31. The largest absolute Gasteiger partial charge is 0.452 e. The van der Waals surface area contributed by atoms with Gasteiger partial charge in [-0.15, -0.1) is 0 Å². The highest BCUT2D eigenvalue weighted by Crippen LogP contribution is 2.45. The van der Waals surface area contributed by atoms with Gasteiger partial charge in [0, 0.05) is 0 Å². The molecule has 3 unspecified atom stereocenters. The van der Waals surface area contributed by atoms with E-state index in [0.29, 0.717) is 29.2 Å². The molecular weight excluding hydrogens is 492 g/mol. The van der Waals surface area contributed by atoms with Crippen LogP contribution in [0.5, 0.6) is 0 Å². The second kappa shape index (κ2) is 10.6. The Morgan fingerprint density at radius 2 is 1.62 bits per heavy atom. The van der Waals surface area contributed by atoms with Crippen LogP contribution in [-0.2, 0) is 19.1 Å². The molecule has 3 aromatic carbocycles. The molecule has 1 aliphatic carbocycles. The molecule has 1 saturated carbocycles. The van der Waals surface area contributed by atoms with Crippen molar-refractivity contribution in [3.8, 4) is 0 Å². The Labute approximate surface area is 219 Å². The first-order chi connectivity index (χ1) is 17.9. The van der Waals surface area contributed by atoms with Crippen molar-refractivity contribution in [3.05, 3.63) is 95.0 Å². The van der Waals surface area contributed by atoms with E-state index in [1.165, 1.54) is 22.6 Å². The second-order valence-electron chi connectivity index (χ2n) is 9.30. The van der Waals surface area contributed by atoms with E-state index in [2.05, 4.69) is 17.4 Å². The van der Waals surface area contributed by atoms with Crippen molar-refractivity contribution >= 4 is 46.7 Å². The van der Waals surface area contributed by atoms with E-state index >= 15 is 0 Å². The number of carbonyl (C=O) groups excluding carboxylic acids is 4. The number of fused-ring (bicyclic) bond motifs is 1. The van der Waals surface area contributed by atoms with Crippen molar-refractivity contribution in [2.45, 2.75) is 25.2 Å². The molecule has 0 aromatic heterocycles. The number of halogens is 1. The fourth-order valence-corrected chi connectivity index (χ4v) is 5.38. The van der Waals surface area contributed by atoms with Crippen LogP contribution in [0.1, 0.15) is 41.1 Å². The monoisotopic (exact) mass is 516 g/mol. The minimum Gasteiger partial charge on any atom is -0.452 e. The number of ether oxygens (including phenoxy) is 1. The number of amides is 3. The summed E-state index contributed by atoms with van der Waals surface area (Å²) in [5.41, 5.74) is 2.06. The summed E-state index contributed by atoms with van der Waals surface area (Å²) >= 11 is 6.03. The Morgan fingerprint density at radius 1 is 0.892 bits per heavy atom. The maximum atomic E-state index is 13.3. The Bertz CT molecular complexity index is 1360. The van der Waals surface area contributed by atoms with Crippen molar-refractivity contribution in [1.29, 1.82) is 0 Å². The molecule has 1 aliphatic heterocycles. The first kappa shape index (κ1) is 24.7. The Hall–Kier alpha value is -3.97. The quantitative estimate of drug-likeness (QED) is 0.358. The summed E-state index contributed by atoms with van der Waals surface area (Å²) in [4.78, 5) is 52.6. The van der Waals surface area contributed by atoms with Gasteiger partial charge in [0.1, 0.15) is 0 Å². The zero-order chi connectivity index (χ0) is 25.9. The van der Waals surface area contributed by atoms with Gasteiger partial charge in [0.15, 0.2) is 6.61 Å². The maximum Gasteiger partial charge on any atom is 0.338 e. The molecule has 3 amide bonds. The number of anilines is 2. The lowest BCUT2D eigenvalue weighted by molar-refractivity contribution is -0.122. The van der Waals surface area contributed by atoms with Gasteiger partial charge >= 0.3 is 5.97 Å². The SMILES string of the molecule is O=C(COC(=O)c1cccc(N2C(=O)C3CCC(c4ccccc4)CC3C2=O)c1)Nc1ccccc1Cl. The molecule has 1 saturated heterocycles. The summed E-state index contributed by atoms with van der Waals surface area (Å²) in [6.45, 7) is -0.513. The van der Waals surface area contributed by atoms with Crippen LogP contribution in [0.15, 0.2) is 78.9 Å². The molecular formula is C29H25ClN2O5. The number of hydrogen-bond donors (Lipinski definition) is 1. The number of imide groups is 1. The van der Waals surface area contributed by atoms with E-state index in [1.54, 1.807) is 36.4 Å². The number of para-hydroxylation sites is 1. The average molecular weight is 517 g/mol. The standard InChI is InChI=1S/C29H25ClN2O5/c30-24-11-4-5-12-25(24)31-26(33)17-37-29(36)20-9-6-10-21(15-20)32-27(34)22-14-13-19(16-23(22)28(32)35)18-7-2-1-3-8-18/h1-12,15,19,22-23H,13-14,16-17H2,(H,31,33). The van der Waals surface area contributed by atoms with E-state index in [-0.39, 0.29) is 35.1 Å². The van der Waals surface area contributed by atoms with Gasteiger partial charge in [-0.3, -0.25) is 19.3 Å². The molecule has 1 heterocycles. The number of rotatable bonds is 6. The number of carbonyl (C=O) groups is 4.